The molecule has 0 spiro atoms. The summed E-state index contributed by atoms with van der Waals surface area (Å²) in [6, 6.07) is 7.19. The van der Waals surface area contributed by atoms with Crippen molar-refractivity contribution < 1.29 is 18.8 Å². The third kappa shape index (κ3) is 4.13. The summed E-state index contributed by atoms with van der Waals surface area (Å²) in [7, 11) is 1.60. The molecule has 0 saturated heterocycles. The third-order valence-corrected chi connectivity index (χ3v) is 4.14. The van der Waals surface area contributed by atoms with Crippen molar-refractivity contribution in [3.05, 3.63) is 41.3 Å². The van der Waals surface area contributed by atoms with Gasteiger partial charge in [-0.1, -0.05) is 11.2 Å². The maximum absolute atomic E-state index is 12.4. The quantitative estimate of drug-likeness (QED) is 0.826. The highest BCUT2D eigenvalue weighted by Gasteiger charge is 2.29. The molecule has 1 atom stereocenters. The van der Waals surface area contributed by atoms with Crippen LogP contribution in [0.2, 0.25) is 0 Å². The maximum Gasteiger partial charge on any atom is 0.273 e. The van der Waals surface area contributed by atoms with E-state index in [9.17, 15) is 4.79 Å². The standard InChI is InChI=1S/C19H24N2O4/c1-11(2)24-16-8-7-14(9-18(16)23-4)12(3)20-19(22)15-10-17(25-21-15)13-5-6-13/h7-13H,5-6H2,1-4H3,(H,20,22). The van der Waals surface area contributed by atoms with Gasteiger partial charge in [-0.25, -0.2) is 0 Å². The zero-order valence-corrected chi connectivity index (χ0v) is 15.0. The number of nitrogens with zero attached hydrogens (tertiary/aromatic N) is 1. The molecule has 0 radical (unpaired) electrons. The third-order valence-electron chi connectivity index (χ3n) is 4.14. The number of carbonyl (C=O) groups is 1. The number of carbonyl (C=O) groups excluding carboxylic acids is 1. The fraction of sp³-hybridized carbons (Fsp3) is 0.474. The highest BCUT2D eigenvalue weighted by Crippen LogP contribution is 2.40. The zero-order valence-electron chi connectivity index (χ0n) is 15.0. The summed E-state index contributed by atoms with van der Waals surface area (Å²) in [6.45, 7) is 5.84. The van der Waals surface area contributed by atoms with Crippen molar-refractivity contribution in [1.29, 1.82) is 0 Å². The fourth-order valence-corrected chi connectivity index (χ4v) is 2.62. The van der Waals surface area contributed by atoms with Gasteiger partial charge in [0.25, 0.3) is 5.91 Å². The molecule has 1 heterocycles. The van der Waals surface area contributed by atoms with E-state index in [1.165, 1.54) is 0 Å². The lowest BCUT2D eigenvalue weighted by molar-refractivity contribution is 0.0930. The molecule has 1 saturated carbocycles. The van der Waals surface area contributed by atoms with Gasteiger partial charge in [0.2, 0.25) is 0 Å². The Kier molecular flexibility index (Phi) is 4.97. The van der Waals surface area contributed by atoms with Crippen LogP contribution in [0.5, 0.6) is 11.5 Å². The number of rotatable bonds is 7. The monoisotopic (exact) mass is 344 g/mol. The average Bonchev–Trinajstić information content (AvgIpc) is 3.31. The van der Waals surface area contributed by atoms with Crippen LogP contribution in [0.15, 0.2) is 28.8 Å². The second kappa shape index (κ2) is 7.17. The van der Waals surface area contributed by atoms with Gasteiger partial charge in [-0.15, -0.1) is 0 Å². The Hall–Kier alpha value is -2.50. The van der Waals surface area contributed by atoms with Crippen molar-refractivity contribution in [2.24, 2.45) is 0 Å². The SMILES string of the molecule is COc1cc(C(C)NC(=O)c2cc(C3CC3)on2)ccc1OC(C)C. The van der Waals surface area contributed by atoms with E-state index in [4.69, 9.17) is 14.0 Å². The van der Waals surface area contributed by atoms with Crippen LogP contribution in [0.3, 0.4) is 0 Å². The summed E-state index contributed by atoms with van der Waals surface area (Å²) < 4.78 is 16.4. The minimum absolute atomic E-state index is 0.0599. The Morgan fingerprint density at radius 1 is 1.24 bits per heavy atom. The predicted molar refractivity (Wildman–Crippen MR) is 93.1 cm³/mol. The summed E-state index contributed by atoms with van der Waals surface area (Å²) in [6.07, 6.45) is 2.28. The molecule has 1 N–H and O–H groups in total. The summed E-state index contributed by atoms with van der Waals surface area (Å²) in [5, 5.41) is 6.81. The van der Waals surface area contributed by atoms with E-state index in [-0.39, 0.29) is 18.1 Å². The van der Waals surface area contributed by atoms with Crippen molar-refractivity contribution in [2.75, 3.05) is 7.11 Å². The maximum atomic E-state index is 12.4. The first-order valence-electron chi connectivity index (χ1n) is 8.60. The summed E-state index contributed by atoms with van der Waals surface area (Å²) in [5.41, 5.74) is 1.24. The van der Waals surface area contributed by atoms with E-state index in [0.717, 1.165) is 24.2 Å². The van der Waals surface area contributed by atoms with E-state index in [1.807, 2.05) is 39.0 Å². The first-order valence-corrected chi connectivity index (χ1v) is 8.60. The molecule has 1 aliphatic rings. The van der Waals surface area contributed by atoms with Crippen molar-refractivity contribution in [1.82, 2.24) is 10.5 Å². The first-order chi connectivity index (χ1) is 12.0. The number of hydrogen-bond acceptors (Lipinski definition) is 5. The van der Waals surface area contributed by atoms with Crippen LogP contribution in [0.4, 0.5) is 0 Å². The minimum atomic E-state index is -0.246. The van der Waals surface area contributed by atoms with Gasteiger partial charge in [-0.3, -0.25) is 4.79 Å². The summed E-state index contributed by atoms with van der Waals surface area (Å²) in [4.78, 5) is 12.4. The lowest BCUT2D eigenvalue weighted by atomic mass is 10.1. The molecule has 2 aromatic rings. The Balaban J connectivity index is 1.68. The average molecular weight is 344 g/mol. The van der Waals surface area contributed by atoms with Crippen LogP contribution >= 0.6 is 0 Å². The van der Waals surface area contributed by atoms with Gasteiger partial charge in [-0.2, -0.15) is 0 Å². The van der Waals surface area contributed by atoms with E-state index >= 15 is 0 Å². The van der Waals surface area contributed by atoms with Crippen LogP contribution < -0.4 is 14.8 Å². The lowest BCUT2D eigenvalue weighted by Gasteiger charge is -2.17. The van der Waals surface area contributed by atoms with Crippen LogP contribution in [0.1, 0.15) is 67.4 Å². The fourth-order valence-electron chi connectivity index (χ4n) is 2.62. The zero-order chi connectivity index (χ0) is 18.0. The molecule has 1 aliphatic carbocycles. The molecule has 6 nitrogen and oxygen atoms in total. The van der Waals surface area contributed by atoms with Crippen LogP contribution in [-0.4, -0.2) is 24.3 Å². The van der Waals surface area contributed by atoms with Gasteiger partial charge in [0.15, 0.2) is 17.2 Å². The minimum Gasteiger partial charge on any atom is -0.493 e. The van der Waals surface area contributed by atoms with Crippen molar-refractivity contribution >= 4 is 5.91 Å². The lowest BCUT2D eigenvalue weighted by Crippen LogP contribution is -2.26. The summed E-state index contributed by atoms with van der Waals surface area (Å²) in [5.74, 6) is 2.32. The molecular weight excluding hydrogens is 320 g/mol. The molecular formula is C19H24N2O4. The molecule has 1 unspecified atom stereocenters. The number of hydrogen-bond donors (Lipinski definition) is 1. The van der Waals surface area contributed by atoms with E-state index in [2.05, 4.69) is 10.5 Å². The Labute approximate surface area is 147 Å². The van der Waals surface area contributed by atoms with E-state index in [1.54, 1.807) is 13.2 Å². The number of benzene rings is 1. The number of amides is 1. The normalized spacial score (nSPS) is 15.1. The highest BCUT2D eigenvalue weighted by atomic mass is 16.5. The smallest absolute Gasteiger partial charge is 0.273 e. The van der Waals surface area contributed by atoms with Crippen molar-refractivity contribution in [3.8, 4) is 11.5 Å². The summed E-state index contributed by atoms with van der Waals surface area (Å²) >= 11 is 0. The van der Waals surface area contributed by atoms with Gasteiger partial charge < -0.3 is 19.3 Å². The van der Waals surface area contributed by atoms with E-state index < -0.39 is 0 Å². The largest absolute Gasteiger partial charge is 0.493 e. The molecule has 1 amide bonds. The number of aromatic nitrogens is 1. The second-order valence-electron chi connectivity index (χ2n) is 6.66. The number of nitrogens with one attached hydrogen (secondary N) is 1. The first kappa shape index (κ1) is 17.3. The Morgan fingerprint density at radius 3 is 2.64 bits per heavy atom. The second-order valence-corrected chi connectivity index (χ2v) is 6.66. The Morgan fingerprint density at radius 2 is 2.00 bits per heavy atom. The molecule has 25 heavy (non-hydrogen) atoms. The number of ether oxygens (including phenoxy) is 2. The topological polar surface area (TPSA) is 73.6 Å². The van der Waals surface area contributed by atoms with Crippen LogP contribution in [-0.2, 0) is 0 Å². The molecule has 1 aromatic carbocycles. The number of methoxy groups -OCH3 is 1. The molecule has 3 rings (SSSR count). The van der Waals surface area contributed by atoms with Crippen LogP contribution in [0, 0.1) is 0 Å². The van der Waals surface area contributed by atoms with Crippen LogP contribution in [0.25, 0.3) is 0 Å². The molecule has 134 valence electrons. The molecule has 0 bridgehead atoms. The van der Waals surface area contributed by atoms with Gasteiger partial charge in [0, 0.05) is 12.0 Å². The predicted octanol–water partition coefficient (Wildman–Crippen LogP) is 3.84. The molecule has 1 fully saturated rings. The molecule has 0 aliphatic heterocycles. The Bertz CT molecular complexity index is 750. The van der Waals surface area contributed by atoms with Gasteiger partial charge in [-0.05, 0) is 51.3 Å². The van der Waals surface area contributed by atoms with Crippen molar-refractivity contribution in [2.45, 2.75) is 51.7 Å². The molecule has 1 aromatic heterocycles. The van der Waals surface area contributed by atoms with Crippen molar-refractivity contribution in [3.63, 3.8) is 0 Å². The van der Waals surface area contributed by atoms with Gasteiger partial charge in [0.1, 0.15) is 5.76 Å². The highest BCUT2D eigenvalue weighted by molar-refractivity contribution is 5.92. The van der Waals surface area contributed by atoms with Gasteiger partial charge >= 0.3 is 0 Å². The van der Waals surface area contributed by atoms with E-state index in [0.29, 0.717) is 23.1 Å². The molecule has 6 heteroatoms. The van der Waals surface area contributed by atoms with Gasteiger partial charge in [0.05, 0.1) is 19.3 Å².